The number of hydrogen-bond donors (Lipinski definition) is 0. The van der Waals surface area contributed by atoms with Gasteiger partial charge in [0.2, 0.25) is 0 Å². The fourth-order valence-electron chi connectivity index (χ4n) is 4.96. The van der Waals surface area contributed by atoms with E-state index >= 15 is 0 Å². The second-order valence-corrected chi connectivity index (χ2v) is 9.86. The second kappa shape index (κ2) is 12.0. The lowest BCUT2D eigenvalue weighted by atomic mass is 10.2. The summed E-state index contributed by atoms with van der Waals surface area (Å²) < 4.78 is 49.9. The molecule has 0 radical (unpaired) electrons. The van der Waals surface area contributed by atoms with E-state index in [0.29, 0.717) is 26.1 Å². The fraction of sp³-hybridized carbons (Fsp3) is 0.333. The number of ketones is 1. The molecule has 1 aliphatic heterocycles. The van der Waals surface area contributed by atoms with E-state index in [1.54, 1.807) is 19.1 Å². The molecule has 10 heteroatoms. The highest BCUT2D eigenvalue weighted by atomic mass is 19.4. The lowest BCUT2D eigenvalue weighted by Crippen LogP contribution is -2.47. The molecular formula is C30H31F3N4O3. The molecule has 2 heterocycles. The molecule has 0 unspecified atom stereocenters. The van der Waals surface area contributed by atoms with E-state index in [1.807, 2.05) is 36.4 Å². The Kier molecular flexibility index (Phi) is 8.25. The standard InChI is InChI=1S/C30H31F3N4O3/c1-22(38)20-35-14-16-36(17-15-35)24-9-12-27-28(19-24)37(21-23-7-10-26(11-8-23)40-30(31,32)33)29(34-27)13-18-39-25-5-3-2-4-6-25/h2-12,19H,13-18,20-21H2,1H3. The van der Waals surface area contributed by atoms with Crippen LogP contribution in [0.2, 0.25) is 0 Å². The van der Waals surface area contributed by atoms with Crippen LogP contribution >= 0.6 is 0 Å². The van der Waals surface area contributed by atoms with Crippen LogP contribution in [0.5, 0.6) is 11.5 Å². The number of halogens is 3. The van der Waals surface area contributed by atoms with Gasteiger partial charge in [0.25, 0.3) is 0 Å². The van der Waals surface area contributed by atoms with Gasteiger partial charge in [-0.15, -0.1) is 13.2 Å². The molecule has 40 heavy (non-hydrogen) atoms. The van der Waals surface area contributed by atoms with E-state index in [0.717, 1.165) is 60.0 Å². The van der Waals surface area contributed by atoms with E-state index in [9.17, 15) is 18.0 Å². The monoisotopic (exact) mass is 552 g/mol. The molecule has 0 saturated carbocycles. The molecule has 0 aliphatic carbocycles. The summed E-state index contributed by atoms with van der Waals surface area (Å²) in [5.41, 5.74) is 3.67. The highest BCUT2D eigenvalue weighted by Gasteiger charge is 2.31. The van der Waals surface area contributed by atoms with Gasteiger partial charge in [-0.05, 0) is 55.0 Å². The largest absolute Gasteiger partial charge is 0.573 e. The molecule has 0 spiro atoms. The summed E-state index contributed by atoms with van der Waals surface area (Å²) >= 11 is 0. The third-order valence-electron chi connectivity index (χ3n) is 6.83. The molecule has 3 aromatic carbocycles. The number of Topliss-reactive ketones (excluding diaryl/α,β-unsaturated/α-hetero) is 1. The normalized spacial score (nSPS) is 14.4. The molecule has 0 atom stereocenters. The maximum Gasteiger partial charge on any atom is 0.573 e. The van der Waals surface area contributed by atoms with Crippen LogP contribution in [0.4, 0.5) is 18.9 Å². The zero-order chi connectivity index (χ0) is 28.1. The van der Waals surface area contributed by atoms with E-state index < -0.39 is 6.36 Å². The van der Waals surface area contributed by atoms with Crippen molar-refractivity contribution in [1.29, 1.82) is 0 Å². The summed E-state index contributed by atoms with van der Waals surface area (Å²) in [4.78, 5) is 20.9. The summed E-state index contributed by atoms with van der Waals surface area (Å²) in [6.45, 7) is 6.19. The van der Waals surface area contributed by atoms with Gasteiger partial charge in [0.15, 0.2) is 0 Å². The minimum atomic E-state index is -4.73. The number of hydrogen-bond acceptors (Lipinski definition) is 6. The highest BCUT2D eigenvalue weighted by Crippen LogP contribution is 2.27. The van der Waals surface area contributed by atoms with Crippen LogP contribution in [0, 0.1) is 0 Å². The number of alkyl halides is 3. The first-order valence-electron chi connectivity index (χ1n) is 13.2. The number of fused-ring (bicyclic) bond motifs is 1. The van der Waals surface area contributed by atoms with Gasteiger partial charge in [-0.3, -0.25) is 9.69 Å². The van der Waals surface area contributed by atoms with Crippen molar-refractivity contribution in [3.63, 3.8) is 0 Å². The van der Waals surface area contributed by atoms with Crippen LogP contribution in [0.25, 0.3) is 11.0 Å². The fourth-order valence-corrected chi connectivity index (χ4v) is 4.96. The molecule has 0 bridgehead atoms. The Morgan fingerprint density at radius 2 is 1.65 bits per heavy atom. The maximum absolute atomic E-state index is 12.6. The van der Waals surface area contributed by atoms with E-state index in [4.69, 9.17) is 9.72 Å². The van der Waals surface area contributed by atoms with Gasteiger partial charge >= 0.3 is 6.36 Å². The topological polar surface area (TPSA) is 59.8 Å². The summed E-state index contributed by atoms with van der Waals surface area (Å²) in [6.07, 6.45) is -4.18. The zero-order valence-electron chi connectivity index (χ0n) is 22.2. The van der Waals surface area contributed by atoms with Crippen molar-refractivity contribution in [2.24, 2.45) is 0 Å². The molecular weight excluding hydrogens is 521 g/mol. The lowest BCUT2D eigenvalue weighted by molar-refractivity contribution is -0.274. The summed E-state index contributed by atoms with van der Waals surface area (Å²) in [6, 6.07) is 21.7. The quantitative estimate of drug-likeness (QED) is 0.266. The Bertz CT molecular complexity index is 1430. The van der Waals surface area contributed by atoms with Gasteiger partial charge in [-0.1, -0.05) is 30.3 Å². The smallest absolute Gasteiger partial charge is 0.493 e. The number of rotatable bonds is 10. The Morgan fingerprint density at radius 1 is 0.925 bits per heavy atom. The van der Waals surface area contributed by atoms with Gasteiger partial charge in [-0.2, -0.15) is 0 Å². The van der Waals surface area contributed by atoms with Crippen molar-refractivity contribution < 1.29 is 27.4 Å². The summed E-state index contributed by atoms with van der Waals surface area (Å²) in [7, 11) is 0. The molecule has 1 aromatic heterocycles. The van der Waals surface area contributed by atoms with Crippen molar-refractivity contribution in [2.75, 3.05) is 44.2 Å². The van der Waals surface area contributed by atoms with Gasteiger partial charge in [-0.25, -0.2) is 4.98 Å². The summed E-state index contributed by atoms with van der Waals surface area (Å²) in [5, 5.41) is 0. The third-order valence-corrected chi connectivity index (χ3v) is 6.83. The van der Waals surface area contributed by atoms with Crippen molar-refractivity contribution >= 4 is 22.5 Å². The van der Waals surface area contributed by atoms with Gasteiger partial charge < -0.3 is 18.9 Å². The number of benzene rings is 3. The number of imidazole rings is 1. The van der Waals surface area contributed by atoms with Crippen LogP contribution in [-0.4, -0.2) is 65.9 Å². The molecule has 5 rings (SSSR count). The van der Waals surface area contributed by atoms with E-state index in [-0.39, 0.29) is 11.5 Å². The second-order valence-electron chi connectivity index (χ2n) is 9.86. The number of piperazine rings is 1. The number of aromatic nitrogens is 2. The van der Waals surface area contributed by atoms with Crippen molar-refractivity contribution in [3.05, 3.63) is 84.2 Å². The van der Waals surface area contributed by atoms with Crippen molar-refractivity contribution in [3.8, 4) is 11.5 Å². The number of carbonyl (C=O) groups is 1. The number of para-hydroxylation sites is 1. The van der Waals surface area contributed by atoms with E-state index in [1.165, 1.54) is 12.1 Å². The van der Waals surface area contributed by atoms with E-state index in [2.05, 4.69) is 31.2 Å². The first-order valence-corrected chi connectivity index (χ1v) is 13.2. The van der Waals surface area contributed by atoms with Gasteiger partial charge in [0.1, 0.15) is 23.1 Å². The highest BCUT2D eigenvalue weighted by molar-refractivity contribution is 5.81. The van der Waals surface area contributed by atoms with Crippen LogP contribution in [0.3, 0.4) is 0 Å². The Labute approximate surface area is 230 Å². The van der Waals surface area contributed by atoms with Gasteiger partial charge in [0.05, 0.1) is 24.2 Å². The predicted octanol–water partition coefficient (Wildman–Crippen LogP) is 5.32. The van der Waals surface area contributed by atoms with Crippen molar-refractivity contribution in [1.82, 2.24) is 14.5 Å². The molecule has 4 aromatic rings. The van der Waals surface area contributed by atoms with Crippen LogP contribution in [0.15, 0.2) is 72.8 Å². The van der Waals surface area contributed by atoms with Crippen LogP contribution in [0.1, 0.15) is 18.3 Å². The minimum Gasteiger partial charge on any atom is -0.493 e. The van der Waals surface area contributed by atoms with Crippen LogP contribution < -0.4 is 14.4 Å². The molecule has 1 fully saturated rings. The van der Waals surface area contributed by atoms with Crippen LogP contribution in [-0.2, 0) is 17.8 Å². The third kappa shape index (κ3) is 7.12. The molecule has 210 valence electrons. The molecule has 0 N–H and O–H groups in total. The number of nitrogens with zero attached hydrogens (tertiary/aromatic N) is 4. The molecule has 1 aliphatic rings. The Hall–Kier alpha value is -4.05. The average molecular weight is 553 g/mol. The maximum atomic E-state index is 12.6. The number of carbonyl (C=O) groups excluding carboxylic acids is 1. The van der Waals surface area contributed by atoms with Crippen molar-refractivity contribution in [2.45, 2.75) is 26.3 Å². The summed E-state index contributed by atoms with van der Waals surface area (Å²) in [5.74, 6) is 1.51. The average Bonchev–Trinajstić information content (AvgIpc) is 3.26. The molecule has 7 nitrogen and oxygen atoms in total. The first-order chi connectivity index (χ1) is 19.2. The molecule has 1 saturated heterocycles. The molecule has 0 amide bonds. The zero-order valence-corrected chi connectivity index (χ0v) is 22.2. The lowest BCUT2D eigenvalue weighted by Gasteiger charge is -2.35. The Morgan fingerprint density at radius 3 is 2.33 bits per heavy atom. The number of ether oxygens (including phenoxy) is 2. The SMILES string of the molecule is CC(=O)CN1CCN(c2ccc3nc(CCOc4ccccc4)n(Cc4ccc(OC(F)(F)F)cc4)c3c2)CC1. The first kappa shape index (κ1) is 27.5. The minimum absolute atomic E-state index is 0.167. The van der Waals surface area contributed by atoms with Gasteiger partial charge in [0, 0.05) is 44.8 Å². The number of anilines is 1. The Balaban J connectivity index is 1.39. The predicted molar refractivity (Wildman–Crippen MR) is 147 cm³/mol.